The predicted molar refractivity (Wildman–Crippen MR) is 112 cm³/mol. The van der Waals surface area contributed by atoms with Crippen molar-refractivity contribution in [3.63, 3.8) is 0 Å². The third kappa shape index (κ3) is 6.49. The summed E-state index contributed by atoms with van der Waals surface area (Å²) < 4.78 is 5.25. The highest BCUT2D eigenvalue weighted by Crippen LogP contribution is 2.17. The molecule has 1 aliphatic heterocycles. The lowest BCUT2D eigenvalue weighted by Gasteiger charge is -2.36. The van der Waals surface area contributed by atoms with Gasteiger partial charge in [0.05, 0.1) is 17.1 Å². The number of hydrogen-bond acceptors (Lipinski definition) is 6. The van der Waals surface area contributed by atoms with Crippen molar-refractivity contribution in [3.8, 4) is 0 Å². The summed E-state index contributed by atoms with van der Waals surface area (Å²) in [7, 11) is 1.84. The number of likely N-dealkylation sites (tertiary alicyclic amines) is 1. The number of piperidine rings is 1. The normalized spacial score (nSPS) is 16.7. The lowest BCUT2D eigenvalue weighted by molar-refractivity contribution is -0.135. The number of allylic oxidation sites excluding steroid dienone is 2. The topological polar surface area (TPSA) is 95.0 Å². The zero-order chi connectivity index (χ0) is 20.5. The summed E-state index contributed by atoms with van der Waals surface area (Å²) in [6.07, 6.45) is 3.14. The van der Waals surface area contributed by atoms with Crippen LogP contribution in [-0.4, -0.2) is 60.6 Å². The van der Waals surface area contributed by atoms with Crippen molar-refractivity contribution >= 4 is 18.0 Å². The Bertz CT molecular complexity index is 722. The van der Waals surface area contributed by atoms with Crippen molar-refractivity contribution in [2.45, 2.75) is 39.3 Å². The van der Waals surface area contributed by atoms with E-state index in [1.54, 1.807) is 18.7 Å². The largest absolute Gasteiger partial charge is 0.473 e. The number of hydrogen-bond donors (Lipinski definition) is 2. The summed E-state index contributed by atoms with van der Waals surface area (Å²) >= 11 is 0. The van der Waals surface area contributed by atoms with E-state index < -0.39 is 0 Å². The van der Waals surface area contributed by atoms with Gasteiger partial charge in [0.1, 0.15) is 0 Å². The second-order valence-electron chi connectivity index (χ2n) is 7.17. The minimum absolute atomic E-state index is 0.0546. The second-order valence-corrected chi connectivity index (χ2v) is 7.17. The van der Waals surface area contributed by atoms with E-state index in [0.717, 1.165) is 32.5 Å². The molecular weight excluding hydrogens is 354 g/mol. The first-order chi connectivity index (χ1) is 13.4. The molecule has 0 atom stereocenters. The molecule has 1 saturated heterocycles. The molecule has 7 nitrogen and oxygen atoms in total. The van der Waals surface area contributed by atoms with Gasteiger partial charge in [-0.15, -0.1) is 0 Å². The number of nitrogens with two attached hydrogens (primary N) is 1. The standard InChI is InChI=1S/C21H31N5O2/c1-16(22)21(23)17(2)24-15-28-14-20(27)25(3)19-9-11-26(12-10-19)13-18-7-5-4-6-8-18/h4-8,15,19,22H,9-14,23H2,1-3H3/b21-17+,22-16?,24-15+. The number of nitrogens with zero attached hydrogens (tertiary/aromatic N) is 3. The Labute approximate surface area is 167 Å². The van der Waals surface area contributed by atoms with Gasteiger partial charge in [-0.3, -0.25) is 9.69 Å². The van der Waals surface area contributed by atoms with Crippen molar-refractivity contribution in [2.24, 2.45) is 10.7 Å². The number of benzene rings is 1. The van der Waals surface area contributed by atoms with Crippen LogP contribution in [0.2, 0.25) is 0 Å². The Hall–Kier alpha value is -2.67. The molecule has 0 unspecified atom stereocenters. The van der Waals surface area contributed by atoms with Gasteiger partial charge in [0.25, 0.3) is 5.91 Å². The first-order valence-corrected chi connectivity index (χ1v) is 9.56. The molecule has 2 rings (SSSR count). The van der Waals surface area contributed by atoms with Crippen LogP contribution in [0, 0.1) is 5.41 Å². The van der Waals surface area contributed by atoms with Crippen LogP contribution < -0.4 is 5.73 Å². The number of aliphatic imine (C=N–C) groups is 1. The van der Waals surface area contributed by atoms with Crippen molar-refractivity contribution in [3.05, 3.63) is 47.3 Å². The minimum Gasteiger partial charge on any atom is -0.473 e. The fourth-order valence-corrected chi connectivity index (χ4v) is 3.18. The Morgan fingerprint density at radius 1 is 1.32 bits per heavy atom. The van der Waals surface area contributed by atoms with Crippen LogP contribution >= 0.6 is 0 Å². The molecule has 1 amide bonds. The summed E-state index contributed by atoms with van der Waals surface area (Å²) in [5, 5.41) is 7.46. The van der Waals surface area contributed by atoms with Crippen LogP contribution in [0.3, 0.4) is 0 Å². The van der Waals surface area contributed by atoms with Crippen LogP contribution in [0.4, 0.5) is 0 Å². The third-order valence-electron chi connectivity index (χ3n) is 5.07. The molecule has 0 aliphatic carbocycles. The van der Waals surface area contributed by atoms with Gasteiger partial charge >= 0.3 is 0 Å². The number of rotatable bonds is 8. The fraction of sp³-hybridized carbons (Fsp3) is 0.476. The van der Waals surface area contributed by atoms with E-state index in [2.05, 4.69) is 34.2 Å². The summed E-state index contributed by atoms with van der Waals surface area (Å²) in [5.41, 5.74) is 8.10. The summed E-state index contributed by atoms with van der Waals surface area (Å²) in [5.74, 6) is -0.0641. The van der Waals surface area contributed by atoms with Gasteiger partial charge in [0.2, 0.25) is 0 Å². The lowest BCUT2D eigenvalue weighted by atomic mass is 10.0. The lowest BCUT2D eigenvalue weighted by Crippen LogP contribution is -2.46. The SMILES string of the molecule is CC(=N)/C(N)=C(C)\N=C\OCC(=O)N(C)C1CCN(Cc2ccccc2)CC1. The molecule has 1 heterocycles. The van der Waals surface area contributed by atoms with Crippen LogP contribution in [-0.2, 0) is 16.1 Å². The highest BCUT2D eigenvalue weighted by molar-refractivity contribution is 5.95. The molecule has 1 aromatic carbocycles. The second kappa shape index (κ2) is 10.6. The molecule has 1 aromatic rings. The van der Waals surface area contributed by atoms with Crippen molar-refractivity contribution < 1.29 is 9.53 Å². The Kier molecular flexibility index (Phi) is 8.19. The van der Waals surface area contributed by atoms with Crippen LogP contribution in [0.15, 0.2) is 46.7 Å². The molecular formula is C21H31N5O2. The van der Waals surface area contributed by atoms with E-state index >= 15 is 0 Å². The highest BCUT2D eigenvalue weighted by atomic mass is 16.5. The molecule has 0 bridgehead atoms. The van der Waals surface area contributed by atoms with E-state index in [0.29, 0.717) is 11.4 Å². The van der Waals surface area contributed by atoms with Gasteiger partial charge in [-0.2, -0.15) is 0 Å². The monoisotopic (exact) mass is 385 g/mol. The molecule has 0 aromatic heterocycles. The number of carbonyl (C=O) groups excluding carboxylic acids is 1. The Morgan fingerprint density at radius 2 is 1.96 bits per heavy atom. The highest BCUT2D eigenvalue weighted by Gasteiger charge is 2.25. The molecule has 0 spiro atoms. The van der Waals surface area contributed by atoms with Gasteiger partial charge in [0.15, 0.2) is 13.0 Å². The first-order valence-electron chi connectivity index (χ1n) is 9.56. The van der Waals surface area contributed by atoms with Gasteiger partial charge in [0, 0.05) is 32.7 Å². The molecule has 1 fully saturated rings. The molecule has 28 heavy (non-hydrogen) atoms. The molecule has 152 valence electrons. The van der Waals surface area contributed by atoms with E-state index in [1.165, 1.54) is 12.0 Å². The number of carbonyl (C=O) groups is 1. The van der Waals surface area contributed by atoms with Crippen LogP contribution in [0.1, 0.15) is 32.3 Å². The molecule has 3 N–H and O–H groups in total. The molecule has 0 radical (unpaired) electrons. The van der Waals surface area contributed by atoms with Crippen LogP contribution in [0.25, 0.3) is 0 Å². The summed E-state index contributed by atoms with van der Waals surface area (Å²) in [6.45, 7) is 6.15. The van der Waals surface area contributed by atoms with E-state index in [1.807, 2.05) is 13.1 Å². The number of amides is 1. The van der Waals surface area contributed by atoms with Crippen LogP contribution in [0.5, 0.6) is 0 Å². The zero-order valence-electron chi connectivity index (χ0n) is 17.0. The third-order valence-corrected chi connectivity index (χ3v) is 5.07. The predicted octanol–water partition coefficient (Wildman–Crippen LogP) is 2.38. The van der Waals surface area contributed by atoms with Crippen molar-refractivity contribution in [1.29, 1.82) is 5.41 Å². The first kappa shape index (κ1) is 21.6. The van der Waals surface area contributed by atoms with E-state index in [-0.39, 0.29) is 24.3 Å². The maximum atomic E-state index is 12.4. The molecule has 0 saturated carbocycles. The average Bonchev–Trinajstić information content (AvgIpc) is 2.71. The van der Waals surface area contributed by atoms with E-state index in [9.17, 15) is 4.79 Å². The van der Waals surface area contributed by atoms with Crippen molar-refractivity contribution in [1.82, 2.24) is 9.80 Å². The zero-order valence-corrected chi connectivity index (χ0v) is 17.0. The smallest absolute Gasteiger partial charge is 0.260 e. The Morgan fingerprint density at radius 3 is 2.57 bits per heavy atom. The van der Waals surface area contributed by atoms with Crippen molar-refractivity contribution in [2.75, 3.05) is 26.7 Å². The van der Waals surface area contributed by atoms with E-state index in [4.69, 9.17) is 15.9 Å². The van der Waals surface area contributed by atoms with Gasteiger partial charge < -0.3 is 20.8 Å². The van der Waals surface area contributed by atoms with Gasteiger partial charge in [-0.05, 0) is 32.3 Å². The maximum absolute atomic E-state index is 12.4. The maximum Gasteiger partial charge on any atom is 0.260 e. The minimum atomic E-state index is -0.0641. The number of ether oxygens (including phenoxy) is 1. The fourth-order valence-electron chi connectivity index (χ4n) is 3.18. The van der Waals surface area contributed by atoms with Gasteiger partial charge in [-0.25, -0.2) is 4.99 Å². The summed E-state index contributed by atoms with van der Waals surface area (Å²) in [6, 6.07) is 10.7. The summed E-state index contributed by atoms with van der Waals surface area (Å²) in [4.78, 5) is 20.6. The molecule has 7 heteroatoms. The number of nitrogens with one attached hydrogen (secondary N) is 1. The molecule has 1 aliphatic rings. The number of likely N-dealkylation sites (N-methyl/N-ethyl adjacent to an activating group) is 1. The Balaban J connectivity index is 1.74. The van der Waals surface area contributed by atoms with Gasteiger partial charge in [-0.1, -0.05) is 30.3 Å². The quantitative estimate of drug-likeness (QED) is 0.530. The average molecular weight is 386 g/mol.